The molecule has 1 aromatic heterocycles. The Morgan fingerprint density at radius 2 is 0.738 bits per heavy atom. The second-order valence-corrected chi connectivity index (χ2v) is 11.6. The molecule has 0 amide bonds. The van der Waals surface area contributed by atoms with Crippen molar-refractivity contribution in [3.05, 3.63) is 167 Å². The lowest BCUT2D eigenvalue weighted by Gasteiger charge is -2.27. The van der Waals surface area contributed by atoms with Crippen LogP contribution in [0.15, 0.2) is 133 Å². The maximum Gasteiger partial charge on any atom is 0.141 e. The quantitative estimate of drug-likeness (QED) is 0.234. The lowest BCUT2D eigenvalue weighted by atomic mass is 9.83. The van der Waals surface area contributed by atoms with Crippen molar-refractivity contribution in [1.29, 1.82) is 0 Å². The SMILES string of the molecule is Cn1c2ccc(C3(O)c4ccccc4-c4ccccc43)cc2c2cc(C3(O)c4ccccc4-c4ccccc43)ccc21. The summed E-state index contributed by atoms with van der Waals surface area (Å²) in [6, 6.07) is 45.2. The fourth-order valence-corrected chi connectivity index (χ4v) is 7.71. The monoisotopic (exact) mass is 541 g/mol. The number of benzene rings is 6. The predicted molar refractivity (Wildman–Crippen MR) is 168 cm³/mol. The molecule has 42 heavy (non-hydrogen) atoms. The van der Waals surface area contributed by atoms with Crippen molar-refractivity contribution in [2.24, 2.45) is 7.05 Å². The first-order valence-corrected chi connectivity index (χ1v) is 14.4. The molecule has 2 aliphatic rings. The Morgan fingerprint density at radius 1 is 0.429 bits per heavy atom. The molecule has 0 bridgehead atoms. The molecule has 3 nitrogen and oxygen atoms in total. The molecule has 200 valence electrons. The number of hydrogen-bond acceptors (Lipinski definition) is 2. The van der Waals surface area contributed by atoms with E-state index in [0.717, 1.165) is 77.4 Å². The van der Waals surface area contributed by atoms with Crippen LogP contribution in [0.5, 0.6) is 0 Å². The van der Waals surface area contributed by atoms with Crippen LogP contribution in [0.3, 0.4) is 0 Å². The topological polar surface area (TPSA) is 45.4 Å². The van der Waals surface area contributed by atoms with Crippen molar-refractivity contribution >= 4 is 21.8 Å². The molecule has 0 atom stereocenters. The van der Waals surface area contributed by atoms with Gasteiger partial charge in [0.1, 0.15) is 11.2 Å². The van der Waals surface area contributed by atoms with Crippen LogP contribution in [-0.2, 0) is 18.2 Å². The Kier molecular flexibility index (Phi) is 4.56. The molecule has 9 rings (SSSR count). The Balaban J connectivity index is 1.30. The summed E-state index contributed by atoms with van der Waals surface area (Å²) in [5.74, 6) is 0. The van der Waals surface area contributed by atoms with E-state index in [9.17, 15) is 10.2 Å². The molecule has 2 N–H and O–H groups in total. The number of rotatable bonds is 2. The van der Waals surface area contributed by atoms with Crippen molar-refractivity contribution in [2.75, 3.05) is 0 Å². The first-order valence-electron chi connectivity index (χ1n) is 14.4. The zero-order chi connectivity index (χ0) is 28.2. The average Bonchev–Trinajstić information content (AvgIpc) is 3.60. The van der Waals surface area contributed by atoms with E-state index in [1.807, 2.05) is 72.8 Å². The minimum atomic E-state index is -1.26. The maximum atomic E-state index is 12.5. The minimum absolute atomic E-state index is 0.834. The van der Waals surface area contributed by atoms with Gasteiger partial charge in [0.15, 0.2) is 0 Å². The van der Waals surface area contributed by atoms with E-state index < -0.39 is 11.2 Å². The number of aryl methyl sites for hydroxylation is 1. The van der Waals surface area contributed by atoms with Gasteiger partial charge in [0, 0.05) is 51.1 Å². The number of aromatic nitrogens is 1. The minimum Gasteiger partial charge on any atom is -0.376 e. The highest BCUT2D eigenvalue weighted by Gasteiger charge is 2.44. The molecule has 0 saturated heterocycles. The fourth-order valence-electron chi connectivity index (χ4n) is 7.71. The number of nitrogens with zero attached hydrogens (tertiary/aromatic N) is 1. The van der Waals surface area contributed by atoms with E-state index in [-0.39, 0.29) is 0 Å². The molecule has 1 heterocycles. The van der Waals surface area contributed by atoms with Crippen molar-refractivity contribution < 1.29 is 10.2 Å². The average molecular weight is 542 g/mol. The van der Waals surface area contributed by atoms with Crippen molar-refractivity contribution in [3.63, 3.8) is 0 Å². The van der Waals surface area contributed by atoms with Crippen molar-refractivity contribution in [1.82, 2.24) is 4.57 Å². The second-order valence-electron chi connectivity index (χ2n) is 11.6. The van der Waals surface area contributed by atoms with Gasteiger partial charge in [-0.25, -0.2) is 0 Å². The summed E-state index contributed by atoms with van der Waals surface area (Å²) in [5, 5.41) is 27.2. The lowest BCUT2D eigenvalue weighted by molar-refractivity contribution is 0.130. The Labute approximate surface area is 243 Å². The van der Waals surface area contributed by atoms with E-state index >= 15 is 0 Å². The lowest BCUT2D eigenvalue weighted by Crippen LogP contribution is -2.26. The van der Waals surface area contributed by atoms with Gasteiger partial charge in [0.2, 0.25) is 0 Å². The summed E-state index contributed by atoms with van der Waals surface area (Å²) in [6.07, 6.45) is 0. The largest absolute Gasteiger partial charge is 0.376 e. The van der Waals surface area contributed by atoms with E-state index in [1.54, 1.807) is 0 Å². The zero-order valence-corrected chi connectivity index (χ0v) is 23.0. The highest BCUT2D eigenvalue weighted by molar-refractivity contribution is 6.09. The van der Waals surface area contributed by atoms with Gasteiger partial charge in [0.25, 0.3) is 0 Å². The predicted octanol–water partition coefficient (Wildman–Crippen LogP) is 7.86. The van der Waals surface area contributed by atoms with Gasteiger partial charge >= 0.3 is 0 Å². The highest BCUT2D eigenvalue weighted by Crippen LogP contribution is 2.53. The molecule has 0 saturated carbocycles. The molecule has 0 fully saturated rings. The van der Waals surface area contributed by atoms with Gasteiger partial charge in [-0.05, 0) is 57.6 Å². The van der Waals surface area contributed by atoms with Crippen LogP contribution in [0.1, 0.15) is 33.4 Å². The summed E-state index contributed by atoms with van der Waals surface area (Å²) >= 11 is 0. The van der Waals surface area contributed by atoms with E-state index in [2.05, 4.69) is 72.3 Å². The molecular formula is C39H27NO2. The number of aliphatic hydroxyl groups is 2. The van der Waals surface area contributed by atoms with Gasteiger partial charge in [-0.1, -0.05) is 109 Å². The van der Waals surface area contributed by atoms with Crippen LogP contribution in [0.25, 0.3) is 44.1 Å². The van der Waals surface area contributed by atoms with Gasteiger partial charge in [-0.15, -0.1) is 0 Å². The Hall–Kier alpha value is -4.96. The molecule has 0 radical (unpaired) electrons. The van der Waals surface area contributed by atoms with Gasteiger partial charge in [-0.3, -0.25) is 0 Å². The third kappa shape index (κ3) is 2.77. The van der Waals surface area contributed by atoms with E-state index in [0.29, 0.717) is 0 Å². The number of fused-ring (bicyclic) bond motifs is 9. The van der Waals surface area contributed by atoms with Gasteiger partial charge in [-0.2, -0.15) is 0 Å². The molecule has 7 aromatic rings. The van der Waals surface area contributed by atoms with Crippen molar-refractivity contribution in [3.8, 4) is 22.3 Å². The van der Waals surface area contributed by atoms with Gasteiger partial charge < -0.3 is 14.8 Å². The zero-order valence-electron chi connectivity index (χ0n) is 23.0. The smallest absolute Gasteiger partial charge is 0.141 e. The van der Waals surface area contributed by atoms with Crippen molar-refractivity contribution in [2.45, 2.75) is 11.2 Å². The standard InChI is InChI=1S/C39H27NO2/c1-40-36-20-18-24(38(41)32-14-6-2-10-26(32)27-11-3-7-15-33(27)38)22-30(36)31-23-25(19-21-37(31)40)39(42)34-16-8-4-12-28(34)29-13-5-9-17-35(29)39/h2-23,41-42H,1H3. The summed E-state index contributed by atoms with van der Waals surface area (Å²) in [5.41, 5.74) is 9.18. The summed E-state index contributed by atoms with van der Waals surface area (Å²) in [4.78, 5) is 0. The molecule has 6 aromatic carbocycles. The molecule has 0 aliphatic heterocycles. The molecule has 0 unspecified atom stereocenters. The fraction of sp³-hybridized carbons (Fsp3) is 0.0769. The van der Waals surface area contributed by atoms with Crippen LogP contribution in [-0.4, -0.2) is 14.8 Å². The van der Waals surface area contributed by atoms with Crippen LogP contribution < -0.4 is 0 Å². The first-order chi connectivity index (χ1) is 20.5. The molecular weight excluding hydrogens is 514 g/mol. The highest BCUT2D eigenvalue weighted by atomic mass is 16.3. The second kappa shape index (κ2) is 8.07. The number of hydrogen-bond donors (Lipinski definition) is 2. The van der Waals surface area contributed by atoms with E-state index in [1.165, 1.54) is 0 Å². The third-order valence-corrected chi connectivity index (χ3v) is 9.69. The van der Waals surface area contributed by atoms with Crippen LogP contribution in [0.2, 0.25) is 0 Å². The Bertz CT molecular complexity index is 2010. The Morgan fingerprint density at radius 3 is 1.07 bits per heavy atom. The van der Waals surface area contributed by atoms with Crippen LogP contribution in [0.4, 0.5) is 0 Å². The molecule has 3 heteroatoms. The summed E-state index contributed by atoms with van der Waals surface area (Å²) < 4.78 is 2.19. The molecule has 0 spiro atoms. The van der Waals surface area contributed by atoms with Crippen LogP contribution >= 0.6 is 0 Å². The maximum absolute atomic E-state index is 12.5. The summed E-state index contributed by atoms with van der Waals surface area (Å²) in [6.45, 7) is 0. The molecule has 2 aliphatic carbocycles. The summed E-state index contributed by atoms with van der Waals surface area (Å²) in [7, 11) is 2.08. The van der Waals surface area contributed by atoms with E-state index in [4.69, 9.17) is 0 Å². The third-order valence-electron chi connectivity index (χ3n) is 9.69. The normalized spacial score (nSPS) is 15.4. The van der Waals surface area contributed by atoms with Crippen LogP contribution in [0, 0.1) is 0 Å². The van der Waals surface area contributed by atoms with Gasteiger partial charge in [0.05, 0.1) is 0 Å². The first kappa shape index (κ1) is 23.7.